The van der Waals surface area contributed by atoms with Crippen molar-refractivity contribution < 1.29 is 0 Å². The van der Waals surface area contributed by atoms with Crippen LogP contribution in [0.5, 0.6) is 0 Å². The highest BCUT2D eigenvalue weighted by Gasteiger charge is 2.11. The second-order valence-electron chi connectivity index (χ2n) is 3.75. The zero-order valence-electron chi connectivity index (χ0n) is 8.86. The lowest BCUT2D eigenvalue weighted by atomic mass is 10.1. The van der Waals surface area contributed by atoms with Crippen molar-refractivity contribution in [2.45, 2.75) is 20.8 Å². The molecule has 0 saturated heterocycles. The number of benzene rings is 1. The SMILES string of the molecule is Cc1nc2c(C)ccc(C)c2c(Cl)c1Br. The minimum absolute atomic E-state index is 0.763. The average Bonchev–Trinajstić information content (AvgIpc) is 2.20. The van der Waals surface area contributed by atoms with Crippen LogP contribution in [0.25, 0.3) is 10.9 Å². The van der Waals surface area contributed by atoms with Gasteiger partial charge in [-0.25, -0.2) is 0 Å². The Morgan fingerprint density at radius 3 is 2.40 bits per heavy atom. The van der Waals surface area contributed by atoms with Crippen molar-refractivity contribution in [1.29, 1.82) is 0 Å². The van der Waals surface area contributed by atoms with E-state index in [4.69, 9.17) is 11.6 Å². The molecule has 0 amide bonds. The molecule has 2 aromatic rings. The molecule has 1 heterocycles. The number of hydrogen-bond acceptors (Lipinski definition) is 1. The Morgan fingerprint density at radius 1 is 1.13 bits per heavy atom. The van der Waals surface area contributed by atoms with E-state index in [0.29, 0.717) is 0 Å². The number of pyridine rings is 1. The van der Waals surface area contributed by atoms with Crippen molar-refractivity contribution in [3.05, 3.63) is 38.4 Å². The van der Waals surface area contributed by atoms with Gasteiger partial charge in [-0.15, -0.1) is 0 Å². The van der Waals surface area contributed by atoms with Crippen LogP contribution in [0, 0.1) is 20.8 Å². The van der Waals surface area contributed by atoms with Gasteiger partial charge in [0.1, 0.15) is 0 Å². The maximum absolute atomic E-state index is 6.32. The maximum atomic E-state index is 6.32. The summed E-state index contributed by atoms with van der Waals surface area (Å²) in [6, 6.07) is 4.15. The van der Waals surface area contributed by atoms with Crippen molar-refractivity contribution in [3.8, 4) is 0 Å². The molecule has 0 aliphatic carbocycles. The van der Waals surface area contributed by atoms with Crippen LogP contribution in [0.4, 0.5) is 0 Å². The molecule has 1 aromatic heterocycles. The number of halogens is 2. The summed E-state index contributed by atoms with van der Waals surface area (Å²) < 4.78 is 0.894. The Morgan fingerprint density at radius 2 is 1.73 bits per heavy atom. The molecular formula is C12H11BrClN. The molecule has 78 valence electrons. The van der Waals surface area contributed by atoms with E-state index in [1.165, 1.54) is 0 Å². The van der Waals surface area contributed by atoms with E-state index in [2.05, 4.69) is 46.9 Å². The third-order valence-electron chi connectivity index (χ3n) is 2.60. The lowest BCUT2D eigenvalue weighted by molar-refractivity contribution is 1.21. The van der Waals surface area contributed by atoms with Crippen molar-refractivity contribution in [1.82, 2.24) is 4.98 Å². The first-order valence-corrected chi connectivity index (χ1v) is 5.91. The summed E-state index contributed by atoms with van der Waals surface area (Å²) in [6.07, 6.45) is 0. The predicted molar refractivity (Wildman–Crippen MR) is 68.7 cm³/mol. The Balaban J connectivity index is 3.04. The van der Waals surface area contributed by atoms with Crippen LogP contribution in [-0.2, 0) is 0 Å². The van der Waals surface area contributed by atoms with Crippen LogP contribution in [0.15, 0.2) is 16.6 Å². The van der Waals surface area contributed by atoms with Crippen LogP contribution < -0.4 is 0 Å². The summed E-state index contributed by atoms with van der Waals surface area (Å²) in [5.74, 6) is 0. The summed E-state index contributed by atoms with van der Waals surface area (Å²) in [7, 11) is 0. The first kappa shape index (κ1) is 10.9. The van der Waals surface area contributed by atoms with Crippen LogP contribution in [0.3, 0.4) is 0 Å². The van der Waals surface area contributed by atoms with Gasteiger partial charge in [0.25, 0.3) is 0 Å². The molecule has 0 fully saturated rings. The molecule has 0 atom stereocenters. The lowest BCUT2D eigenvalue weighted by Gasteiger charge is -2.10. The number of nitrogens with zero attached hydrogens (tertiary/aromatic N) is 1. The van der Waals surface area contributed by atoms with Gasteiger partial charge in [0.15, 0.2) is 0 Å². The Bertz CT molecular complexity index is 549. The summed E-state index contributed by atoms with van der Waals surface area (Å²) in [4.78, 5) is 4.57. The molecule has 0 aliphatic rings. The monoisotopic (exact) mass is 283 g/mol. The second-order valence-corrected chi connectivity index (χ2v) is 4.92. The van der Waals surface area contributed by atoms with Gasteiger partial charge in [-0.3, -0.25) is 4.98 Å². The predicted octanol–water partition coefficient (Wildman–Crippen LogP) is 4.58. The van der Waals surface area contributed by atoms with Gasteiger partial charge < -0.3 is 0 Å². The molecule has 0 saturated carbocycles. The van der Waals surface area contributed by atoms with E-state index in [-0.39, 0.29) is 0 Å². The van der Waals surface area contributed by atoms with Gasteiger partial charge in [0.2, 0.25) is 0 Å². The fourth-order valence-corrected chi connectivity index (χ4v) is 2.36. The van der Waals surface area contributed by atoms with Crippen LogP contribution in [0.2, 0.25) is 5.02 Å². The zero-order chi connectivity index (χ0) is 11.2. The van der Waals surface area contributed by atoms with Crippen LogP contribution in [0.1, 0.15) is 16.8 Å². The van der Waals surface area contributed by atoms with Gasteiger partial charge in [0, 0.05) is 5.39 Å². The fourth-order valence-electron chi connectivity index (χ4n) is 1.70. The highest BCUT2D eigenvalue weighted by Crippen LogP contribution is 2.35. The molecule has 1 nitrogen and oxygen atoms in total. The minimum Gasteiger partial charge on any atom is -0.252 e. The van der Waals surface area contributed by atoms with Gasteiger partial charge in [-0.2, -0.15) is 0 Å². The Kier molecular flexibility index (Phi) is 2.73. The number of aryl methyl sites for hydroxylation is 3. The quantitative estimate of drug-likeness (QED) is 0.690. The van der Waals surface area contributed by atoms with Crippen molar-refractivity contribution in [3.63, 3.8) is 0 Å². The van der Waals surface area contributed by atoms with Gasteiger partial charge >= 0.3 is 0 Å². The van der Waals surface area contributed by atoms with E-state index in [0.717, 1.165) is 37.2 Å². The summed E-state index contributed by atoms with van der Waals surface area (Å²) in [6.45, 7) is 6.06. The van der Waals surface area contributed by atoms with Crippen molar-refractivity contribution >= 4 is 38.4 Å². The third kappa shape index (κ3) is 1.66. The third-order valence-corrected chi connectivity index (χ3v) is 4.17. The van der Waals surface area contributed by atoms with Gasteiger partial charge in [-0.1, -0.05) is 23.7 Å². The molecule has 3 heteroatoms. The molecule has 15 heavy (non-hydrogen) atoms. The molecule has 1 aromatic carbocycles. The summed E-state index contributed by atoms with van der Waals surface area (Å²) >= 11 is 9.79. The largest absolute Gasteiger partial charge is 0.252 e. The number of hydrogen-bond donors (Lipinski definition) is 0. The van der Waals surface area contributed by atoms with E-state index in [1.807, 2.05) is 6.92 Å². The second kappa shape index (κ2) is 3.76. The minimum atomic E-state index is 0.763. The molecule has 0 radical (unpaired) electrons. The lowest BCUT2D eigenvalue weighted by Crippen LogP contribution is -1.92. The Hall–Kier alpha value is -0.600. The maximum Gasteiger partial charge on any atom is 0.0752 e. The first-order valence-electron chi connectivity index (χ1n) is 4.74. The van der Waals surface area contributed by atoms with E-state index >= 15 is 0 Å². The molecular weight excluding hydrogens is 273 g/mol. The normalized spacial score (nSPS) is 11.0. The van der Waals surface area contributed by atoms with Gasteiger partial charge in [-0.05, 0) is 47.8 Å². The van der Waals surface area contributed by atoms with Gasteiger partial charge in [0.05, 0.1) is 20.7 Å². The van der Waals surface area contributed by atoms with E-state index < -0.39 is 0 Å². The van der Waals surface area contributed by atoms with Crippen LogP contribution >= 0.6 is 27.5 Å². The highest BCUT2D eigenvalue weighted by atomic mass is 79.9. The average molecular weight is 285 g/mol. The zero-order valence-corrected chi connectivity index (χ0v) is 11.2. The number of fused-ring (bicyclic) bond motifs is 1. The molecule has 0 unspecified atom stereocenters. The van der Waals surface area contributed by atoms with Crippen LogP contribution in [-0.4, -0.2) is 4.98 Å². The summed E-state index contributed by atoms with van der Waals surface area (Å²) in [5.41, 5.74) is 4.25. The summed E-state index contributed by atoms with van der Waals surface area (Å²) in [5, 5.41) is 1.81. The molecule has 0 N–H and O–H groups in total. The van der Waals surface area contributed by atoms with E-state index in [1.54, 1.807) is 0 Å². The topological polar surface area (TPSA) is 12.9 Å². The highest BCUT2D eigenvalue weighted by molar-refractivity contribution is 9.10. The van der Waals surface area contributed by atoms with Crippen molar-refractivity contribution in [2.75, 3.05) is 0 Å². The van der Waals surface area contributed by atoms with E-state index in [9.17, 15) is 0 Å². The molecule has 2 rings (SSSR count). The number of aromatic nitrogens is 1. The molecule has 0 aliphatic heterocycles. The first-order chi connectivity index (χ1) is 7.02. The van der Waals surface area contributed by atoms with Crippen molar-refractivity contribution in [2.24, 2.45) is 0 Å². The smallest absolute Gasteiger partial charge is 0.0752 e. The standard InChI is InChI=1S/C12H11BrClN/c1-6-4-5-7(2)12-9(6)11(14)10(13)8(3)15-12/h4-5H,1-3H3. The number of rotatable bonds is 0. The molecule has 0 bridgehead atoms. The Labute approximate surface area is 103 Å². The molecule has 0 spiro atoms. The fraction of sp³-hybridized carbons (Fsp3) is 0.250.